The highest BCUT2D eigenvalue weighted by Gasteiger charge is 2.47. The highest BCUT2D eigenvalue weighted by Crippen LogP contribution is 2.61. The van der Waals surface area contributed by atoms with Crippen LogP contribution in [0.4, 0.5) is 17.1 Å². The number of phenolic OH excluding ortho intramolecular Hbond substituents is 4. The van der Waals surface area contributed by atoms with Crippen molar-refractivity contribution in [2.24, 2.45) is 0 Å². The van der Waals surface area contributed by atoms with Gasteiger partial charge in [0.1, 0.15) is 5.69 Å². The third-order valence-electron chi connectivity index (χ3n) is 13.7. The summed E-state index contributed by atoms with van der Waals surface area (Å²) in [5, 5.41) is 55.5. The first kappa shape index (κ1) is 39.8. The van der Waals surface area contributed by atoms with E-state index in [9.17, 15) is 20.4 Å². The van der Waals surface area contributed by atoms with Gasteiger partial charge in [0.15, 0.2) is 23.0 Å². The third-order valence-corrected chi connectivity index (χ3v) is 13.7. The molecule has 0 spiro atoms. The number of aromatic hydroxyl groups is 4. The number of hydrogen-bond acceptors (Lipinski definition) is 5. The lowest BCUT2D eigenvalue weighted by Gasteiger charge is -2.36. The Morgan fingerprint density at radius 1 is 0.403 bits per heavy atom. The number of nitrogens with zero attached hydrogens (tertiary/aromatic N) is 1. The maximum Gasteiger partial charge on any atom is 0.186 e. The fourth-order valence-electron chi connectivity index (χ4n) is 10.7. The van der Waals surface area contributed by atoms with E-state index in [1.54, 1.807) is 11.0 Å². The smallest absolute Gasteiger partial charge is 0.186 e. The second-order valence-corrected chi connectivity index (χ2v) is 17.3. The van der Waals surface area contributed by atoms with Gasteiger partial charge in [-0.15, -0.1) is 0 Å². The van der Waals surface area contributed by atoms with E-state index in [1.165, 1.54) is 0 Å². The van der Waals surface area contributed by atoms with Gasteiger partial charge in [-0.05, 0) is 125 Å². The Labute approximate surface area is 388 Å². The summed E-state index contributed by atoms with van der Waals surface area (Å²) in [7, 11) is 0. The Kier molecular flexibility index (Phi) is 9.33. The fraction of sp³-hybridized carbons (Fsp3) is 0.0323. The van der Waals surface area contributed by atoms with Crippen molar-refractivity contribution < 1.29 is 20.4 Å². The number of phenols is 4. The molecule has 2 aliphatic rings. The van der Waals surface area contributed by atoms with Gasteiger partial charge in [0, 0.05) is 11.4 Å². The summed E-state index contributed by atoms with van der Waals surface area (Å²) in [4.78, 5) is 1.75. The minimum absolute atomic E-state index is 0.0755. The van der Waals surface area contributed by atoms with Crippen molar-refractivity contribution in [2.75, 3.05) is 4.90 Å². The summed E-state index contributed by atoms with van der Waals surface area (Å²) < 4.78 is 0. The Morgan fingerprint density at radius 3 is 1.75 bits per heavy atom. The highest BCUT2D eigenvalue weighted by atomic mass is 16.3. The molecule has 10 aromatic rings. The summed E-state index contributed by atoms with van der Waals surface area (Å²) in [5.74, 6) is -2.29. The minimum Gasteiger partial charge on any atom is -0.504 e. The zero-order valence-electron chi connectivity index (χ0n) is 36.3. The molecule has 10 aromatic carbocycles. The molecule has 320 valence electrons. The second kappa shape index (κ2) is 15.7. The van der Waals surface area contributed by atoms with Crippen molar-refractivity contribution in [1.82, 2.24) is 0 Å². The first-order valence-electron chi connectivity index (χ1n) is 22.6. The molecule has 4 N–H and O–H groups in total. The number of fused-ring (bicyclic) bond motifs is 6. The van der Waals surface area contributed by atoms with Crippen LogP contribution in [0.25, 0.3) is 60.1 Å². The summed E-state index contributed by atoms with van der Waals surface area (Å²) in [6.45, 7) is 0. The average molecular weight is 866 g/mol. The van der Waals surface area contributed by atoms with Gasteiger partial charge in [-0.25, -0.2) is 0 Å². The van der Waals surface area contributed by atoms with E-state index in [2.05, 4.69) is 133 Å². The van der Waals surface area contributed by atoms with Gasteiger partial charge in [0.05, 0.1) is 11.0 Å². The maximum absolute atomic E-state index is 12.5. The van der Waals surface area contributed by atoms with Crippen molar-refractivity contribution in [3.05, 3.63) is 252 Å². The molecule has 67 heavy (non-hydrogen) atoms. The van der Waals surface area contributed by atoms with E-state index in [-0.39, 0.29) is 11.3 Å². The molecule has 0 fully saturated rings. The normalized spacial score (nSPS) is 13.8. The van der Waals surface area contributed by atoms with Crippen molar-refractivity contribution >= 4 is 55.0 Å². The molecule has 0 aliphatic heterocycles. The largest absolute Gasteiger partial charge is 0.504 e. The number of anilines is 3. The van der Waals surface area contributed by atoms with Gasteiger partial charge in [0.25, 0.3) is 0 Å². The van der Waals surface area contributed by atoms with Crippen molar-refractivity contribution in [2.45, 2.75) is 11.8 Å². The molecule has 0 aromatic heterocycles. The number of hydrogen-bond donors (Lipinski definition) is 4. The topological polar surface area (TPSA) is 84.2 Å². The Bertz CT molecular complexity index is 3650. The fourth-order valence-corrected chi connectivity index (χ4v) is 10.7. The van der Waals surface area contributed by atoms with Crippen LogP contribution in [0.5, 0.6) is 23.0 Å². The monoisotopic (exact) mass is 865 g/mol. The lowest BCUT2D eigenvalue weighted by atomic mass is 9.66. The SMILES string of the molecule is Oc1c(O)c(N(c2cccc(-c3cc4ccccc4c4ccccc34)c2)c2ccc3c(c2)C(c2ccccc2)(c2ccccc2)C2=C3C=CCC=C2)c(O)c(O)c1-c1ccc2ccccc2c1. The Hall–Kier alpha value is -8.80. The van der Waals surface area contributed by atoms with Crippen LogP contribution in [0.3, 0.4) is 0 Å². The summed E-state index contributed by atoms with van der Waals surface area (Å²) in [5.41, 5.74) is 8.98. The number of allylic oxidation sites excluding steroid dienone is 6. The number of rotatable bonds is 7. The van der Waals surface area contributed by atoms with Crippen LogP contribution >= 0.6 is 0 Å². The van der Waals surface area contributed by atoms with Gasteiger partial charge in [-0.1, -0.05) is 188 Å². The molecule has 0 amide bonds. The molecule has 5 heteroatoms. The van der Waals surface area contributed by atoms with Crippen LogP contribution in [-0.4, -0.2) is 20.4 Å². The first-order valence-corrected chi connectivity index (χ1v) is 22.6. The molecule has 0 heterocycles. The first-order chi connectivity index (χ1) is 32.9. The van der Waals surface area contributed by atoms with Crippen LogP contribution in [0, 0.1) is 0 Å². The molecule has 0 bridgehead atoms. The van der Waals surface area contributed by atoms with E-state index >= 15 is 0 Å². The molecule has 5 nitrogen and oxygen atoms in total. The van der Waals surface area contributed by atoms with Gasteiger partial charge in [-0.3, -0.25) is 0 Å². The maximum atomic E-state index is 12.5. The molecule has 0 saturated heterocycles. The summed E-state index contributed by atoms with van der Waals surface area (Å²) >= 11 is 0. The van der Waals surface area contributed by atoms with Crippen molar-refractivity contribution in [1.29, 1.82) is 0 Å². The molecule has 0 unspecified atom stereocenters. The zero-order valence-corrected chi connectivity index (χ0v) is 36.3. The Morgan fingerprint density at radius 2 is 1.01 bits per heavy atom. The van der Waals surface area contributed by atoms with Crippen molar-refractivity contribution in [3.63, 3.8) is 0 Å². The van der Waals surface area contributed by atoms with E-state index in [0.29, 0.717) is 16.9 Å². The summed E-state index contributed by atoms with van der Waals surface area (Å²) in [6, 6.07) is 67.5. The van der Waals surface area contributed by atoms with Crippen LogP contribution in [0.15, 0.2) is 230 Å². The lowest BCUT2D eigenvalue weighted by Crippen LogP contribution is -2.29. The predicted octanol–water partition coefficient (Wildman–Crippen LogP) is 15.4. The predicted molar refractivity (Wildman–Crippen MR) is 274 cm³/mol. The van der Waals surface area contributed by atoms with Crippen LogP contribution in [-0.2, 0) is 5.41 Å². The van der Waals surface area contributed by atoms with Gasteiger partial charge in [0.2, 0.25) is 0 Å². The quantitative estimate of drug-likeness (QED) is 0.0729. The van der Waals surface area contributed by atoms with Crippen LogP contribution < -0.4 is 4.90 Å². The van der Waals surface area contributed by atoms with Crippen LogP contribution in [0.2, 0.25) is 0 Å². The minimum atomic E-state index is -0.764. The summed E-state index contributed by atoms with van der Waals surface area (Å²) in [6.07, 6.45) is 9.67. The zero-order chi connectivity index (χ0) is 45.2. The van der Waals surface area contributed by atoms with E-state index in [4.69, 9.17) is 0 Å². The molecule has 2 aliphatic carbocycles. The van der Waals surface area contributed by atoms with E-state index in [1.807, 2.05) is 84.9 Å². The van der Waals surface area contributed by atoms with Crippen LogP contribution in [0.1, 0.15) is 28.7 Å². The third kappa shape index (κ3) is 6.16. The van der Waals surface area contributed by atoms with E-state index in [0.717, 1.165) is 83.3 Å². The molecule has 12 rings (SSSR count). The molecule has 0 saturated carbocycles. The second-order valence-electron chi connectivity index (χ2n) is 17.3. The van der Waals surface area contributed by atoms with Gasteiger partial charge in [-0.2, -0.15) is 0 Å². The highest BCUT2D eigenvalue weighted by molar-refractivity contribution is 6.14. The molecule has 0 atom stereocenters. The van der Waals surface area contributed by atoms with Gasteiger partial charge < -0.3 is 25.3 Å². The van der Waals surface area contributed by atoms with E-state index < -0.39 is 28.4 Å². The van der Waals surface area contributed by atoms with Crippen molar-refractivity contribution in [3.8, 4) is 45.3 Å². The standard InChI is InChI=1S/C62H43NO4/c64-58-56(43-32-31-39-17-10-11-18-40(39)35-43)59(65)61(67)57(60(58)66)63(46-25-16-20-41(36-46)53-37-42-19-12-13-26-48(42)49-27-14-15-28-50(49)53)47-33-34-52-51-29-8-3-9-30-54(51)62(55(52)38-47,44-21-4-1-5-22-44)45-23-6-2-7-24-45/h1-2,4-38,64-67H,3H2. The molecular weight excluding hydrogens is 823 g/mol. The lowest BCUT2D eigenvalue weighted by molar-refractivity contribution is 0.377. The molecule has 0 radical (unpaired) electrons. The number of benzene rings is 10. The Balaban J connectivity index is 1.13. The van der Waals surface area contributed by atoms with Gasteiger partial charge >= 0.3 is 0 Å². The molecular formula is C62H43NO4. The average Bonchev–Trinajstić information content (AvgIpc) is 3.46.